The Balaban J connectivity index is 2.14. The van der Waals surface area contributed by atoms with Crippen molar-refractivity contribution in [2.24, 2.45) is 5.73 Å². The molecule has 0 spiro atoms. The van der Waals surface area contributed by atoms with E-state index in [1.54, 1.807) is 18.2 Å². The van der Waals surface area contributed by atoms with E-state index in [2.05, 4.69) is 0 Å². The Morgan fingerprint density at radius 1 is 1.20 bits per heavy atom. The molecule has 1 aliphatic carbocycles. The van der Waals surface area contributed by atoms with Gasteiger partial charge in [-0.15, -0.1) is 0 Å². The molecule has 0 radical (unpaired) electrons. The Bertz CT molecular complexity index is 689. The van der Waals surface area contributed by atoms with Gasteiger partial charge in [0.05, 0.1) is 0 Å². The second-order valence-electron chi connectivity index (χ2n) is 5.43. The van der Waals surface area contributed by atoms with Crippen molar-refractivity contribution in [2.45, 2.75) is 25.2 Å². The van der Waals surface area contributed by atoms with Gasteiger partial charge < -0.3 is 5.73 Å². The van der Waals surface area contributed by atoms with Crippen molar-refractivity contribution in [1.29, 1.82) is 0 Å². The van der Waals surface area contributed by atoms with Crippen LogP contribution in [0.25, 0.3) is 0 Å². The average molecular weight is 269 g/mol. The highest BCUT2D eigenvalue weighted by Gasteiger charge is 2.47. The van der Waals surface area contributed by atoms with E-state index in [9.17, 15) is 9.18 Å². The number of carbonyl (C=O) groups is 1. The van der Waals surface area contributed by atoms with Crippen LogP contribution in [-0.4, -0.2) is 5.91 Å². The van der Waals surface area contributed by atoms with Crippen LogP contribution < -0.4 is 5.73 Å². The van der Waals surface area contributed by atoms with Crippen molar-refractivity contribution in [2.75, 3.05) is 0 Å². The van der Waals surface area contributed by atoms with Crippen LogP contribution >= 0.6 is 0 Å². The van der Waals surface area contributed by atoms with Gasteiger partial charge in [0.2, 0.25) is 5.91 Å². The summed E-state index contributed by atoms with van der Waals surface area (Å²) in [6.45, 7) is 1.91. The van der Waals surface area contributed by atoms with Crippen LogP contribution in [0.15, 0.2) is 42.5 Å². The average Bonchev–Trinajstić information content (AvgIpc) is 3.20. The molecule has 0 aromatic heterocycles. The van der Waals surface area contributed by atoms with Crippen molar-refractivity contribution in [3.8, 4) is 0 Å². The Morgan fingerprint density at radius 3 is 2.50 bits per heavy atom. The maximum Gasteiger partial charge on any atom is 0.248 e. The van der Waals surface area contributed by atoms with E-state index in [0.29, 0.717) is 5.56 Å². The quantitative estimate of drug-likeness (QED) is 0.912. The molecule has 3 heteroatoms. The highest BCUT2D eigenvalue weighted by molar-refractivity contribution is 5.94. The first kappa shape index (κ1) is 12.9. The predicted molar refractivity (Wildman–Crippen MR) is 76.1 cm³/mol. The normalized spacial score (nSPS) is 15.9. The van der Waals surface area contributed by atoms with Gasteiger partial charge in [0.15, 0.2) is 0 Å². The number of rotatable bonds is 3. The Hall–Kier alpha value is -2.16. The Morgan fingerprint density at radius 2 is 1.90 bits per heavy atom. The van der Waals surface area contributed by atoms with Crippen LogP contribution in [-0.2, 0) is 5.41 Å². The standard InChI is InChI=1S/C17H16FNO/c1-11-14(16(19)20)6-3-7-15(11)17(8-9-17)12-4-2-5-13(18)10-12/h2-7,10H,8-9H2,1H3,(H2,19,20). The molecule has 20 heavy (non-hydrogen) atoms. The number of amides is 1. The van der Waals surface area contributed by atoms with Gasteiger partial charge in [-0.25, -0.2) is 4.39 Å². The lowest BCUT2D eigenvalue weighted by molar-refractivity contribution is 0.0999. The third-order valence-corrected chi connectivity index (χ3v) is 4.24. The minimum absolute atomic E-state index is 0.155. The maximum absolute atomic E-state index is 13.5. The van der Waals surface area contributed by atoms with Crippen LogP contribution in [0.3, 0.4) is 0 Å². The lowest BCUT2D eigenvalue weighted by Crippen LogP contribution is -2.17. The van der Waals surface area contributed by atoms with E-state index < -0.39 is 5.91 Å². The second-order valence-corrected chi connectivity index (χ2v) is 5.43. The summed E-state index contributed by atoms with van der Waals surface area (Å²) in [6, 6.07) is 12.3. The zero-order valence-electron chi connectivity index (χ0n) is 11.3. The number of halogens is 1. The Labute approximate surface area is 117 Å². The molecule has 2 aromatic rings. The first-order valence-electron chi connectivity index (χ1n) is 6.70. The predicted octanol–water partition coefficient (Wildman–Crippen LogP) is 3.31. The molecular weight excluding hydrogens is 253 g/mol. The van der Waals surface area contributed by atoms with Gasteiger partial charge in [0.1, 0.15) is 5.82 Å². The van der Waals surface area contributed by atoms with Crippen molar-refractivity contribution in [3.05, 3.63) is 70.5 Å². The van der Waals surface area contributed by atoms with Crippen LogP contribution in [0.1, 0.15) is 39.9 Å². The number of carbonyl (C=O) groups excluding carboxylic acids is 1. The molecular formula is C17H16FNO. The molecule has 0 heterocycles. The molecule has 3 rings (SSSR count). The van der Waals surface area contributed by atoms with E-state index in [0.717, 1.165) is 29.5 Å². The third kappa shape index (κ3) is 1.90. The number of hydrogen-bond donors (Lipinski definition) is 1. The van der Waals surface area contributed by atoms with Gasteiger partial charge in [-0.2, -0.15) is 0 Å². The monoisotopic (exact) mass is 269 g/mol. The third-order valence-electron chi connectivity index (χ3n) is 4.24. The van der Waals surface area contributed by atoms with Gasteiger partial charge in [0.25, 0.3) is 0 Å². The molecule has 0 aliphatic heterocycles. The lowest BCUT2D eigenvalue weighted by Gasteiger charge is -2.20. The van der Waals surface area contributed by atoms with Gasteiger partial charge in [-0.3, -0.25) is 4.79 Å². The van der Waals surface area contributed by atoms with Crippen molar-refractivity contribution in [3.63, 3.8) is 0 Å². The molecule has 1 aliphatic rings. The molecule has 2 N–H and O–H groups in total. The van der Waals surface area contributed by atoms with Gasteiger partial charge in [-0.05, 0) is 54.7 Å². The number of hydrogen-bond acceptors (Lipinski definition) is 1. The fourth-order valence-corrected chi connectivity index (χ4v) is 3.05. The molecule has 0 bridgehead atoms. The topological polar surface area (TPSA) is 43.1 Å². The van der Waals surface area contributed by atoms with Crippen LogP contribution in [0.4, 0.5) is 4.39 Å². The molecule has 0 saturated heterocycles. The van der Waals surface area contributed by atoms with E-state index in [4.69, 9.17) is 5.73 Å². The van der Waals surface area contributed by atoms with Crippen molar-refractivity contribution < 1.29 is 9.18 Å². The van der Waals surface area contributed by atoms with E-state index in [1.807, 2.05) is 25.1 Å². The first-order chi connectivity index (χ1) is 9.54. The summed E-state index contributed by atoms with van der Waals surface area (Å²) in [7, 11) is 0. The highest BCUT2D eigenvalue weighted by atomic mass is 19.1. The first-order valence-corrected chi connectivity index (χ1v) is 6.70. The highest BCUT2D eigenvalue weighted by Crippen LogP contribution is 2.54. The largest absolute Gasteiger partial charge is 0.366 e. The summed E-state index contributed by atoms with van der Waals surface area (Å²) in [4.78, 5) is 11.5. The van der Waals surface area contributed by atoms with E-state index >= 15 is 0 Å². The molecule has 2 aromatic carbocycles. The van der Waals surface area contributed by atoms with E-state index in [-0.39, 0.29) is 11.2 Å². The second kappa shape index (κ2) is 4.44. The zero-order valence-corrected chi connectivity index (χ0v) is 11.3. The molecule has 1 fully saturated rings. The van der Waals surface area contributed by atoms with Gasteiger partial charge in [0, 0.05) is 11.0 Å². The maximum atomic E-state index is 13.5. The molecule has 0 unspecified atom stereocenters. The van der Waals surface area contributed by atoms with Crippen LogP contribution in [0.2, 0.25) is 0 Å². The van der Waals surface area contributed by atoms with E-state index in [1.165, 1.54) is 6.07 Å². The fourth-order valence-electron chi connectivity index (χ4n) is 3.05. The molecule has 2 nitrogen and oxygen atoms in total. The number of benzene rings is 2. The minimum atomic E-state index is -0.417. The van der Waals surface area contributed by atoms with Crippen molar-refractivity contribution >= 4 is 5.91 Å². The summed E-state index contributed by atoms with van der Waals surface area (Å²) < 4.78 is 13.5. The smallest absolute Gasteiger partial charge is 0.248 e. The summed E-state index contributed by atoms with van der Waals surface area (Å²) in [6.07, 6.45) is 1.94. The van der Waals surface area contributed by atoms with Crippen LogP contribution in [0.5, 0.6) is 0 Å². The lowest BCUT2D eigenvalue weighted by atomic mass is 9.84. The number of primary amides is 1. The van der Waals surface area contributed by atoms with Crippen LogP contribution in [0, 0.1) is 12.7 Å². The Kier molecular flexibility index (Phi) is 2.85. The summed E-state index contributed by atoms with van der Waals surface area (Å²) in [5.41, 5.74) is 8.76. The molecule has 1 amide bonds. The summed E-state index contributed by atoms with van der Waals surface area (Å²) in [5.74, 6) is -0.642. The molecule has 1 saturated carbocycles. The minimum Gasteiger partial charge on any atom is -0.366 e. The van der Waals surface area contributed by atoms with Gasteiger partial charge in [-0.1, -0.05) is 24.3 Å². The van der Waals surface area contributed by atoms with Crippen molar-refractivity contribution in [1.82, 2.24) is 0 Å². The summed E-state index contributed by atoms with van der Waals surface area (Å²) in [5, 5.41) is 0. The zero-order chi connectivity index (χ0) is 14.3. The van der Waals surface area contributed by atoms with Gasteiger partial charge >= 0.3 is 0 Å². The molecule has 102 valence electrons. The SMILES string of the molecule is Cc1c(C(N)=O)cccc1C1(c2cccc(F)c2)CC1. The number of nitrogens with two attached hydrogens (primary N) is 1. The molecule has 0 atom stereocenters. The fraction of sp³-hybridized carbons (Fsp3) is 0.235. The summed E-state index contributed by atoms with van der Waals surface area (Å²) >= 11 is 0.